The summed E-state index contributed by atoms with van der Waals surface area (Å²) >= 11 is 0. The van der Waals surface area contributed by atoms with Crippen LogP contribution in [0.3, 0.4) is 0 Å². The minimum atomic E-state index is -0.827. The molecule has 228 valence electrons. The van der Waals surface area contributed by atoms with Crippen molar-refractivity contribution in [2.24, 2.45) is 16.6 Å². The van der Waals surface area contributed by atoms with Crippen molar-refractivity contribution < 1.29 is 33.4 Å². The number of primary amides is 1. The van der Waals surface area contributed by atoms with E-state index in [2.05, 4.69) is 20.9 Å². The number of carbonyl (C=O) groups excluding carboxylic acids is 5. The predicted molar refractivity (Wildman–Crippen MR) is 154 cm³/mol. The first-order chi connectivity index (χ1) is 20.8. The molecule has 0 spiro atoms. The van der Waals surface area contributed by atoms with Gasteiger partial charge in [-0.2, -0.15) is 0 Å². The molecular formula is C29H35N7O7. The van der Waals surface area contributed by atoms with Crippen molar-refractivity contribution in [2.75, 3.05) is 32.7 Å². The van der Waals surface area contributed by atoms with Gasteiger partial charge in [0, 0.05) is 32.7 Å². The highest BCUT2D eigenvalue weighted by Gasteiger charge is 2.45. The molecule has 2 saturated heterocycles. The molecule has 43 heavy (non-hydrogen) atoms. The number of nitrogens with two attached hydrogens (primary N) is 1. The fraction of sp³-hybridized carbons (Fsp3) is 0.379. The molecule has 2 heterocycles. The van der Waals surface area contributed by atoms with Crippen LogP contribution in [0.4, 0.5) is 14.4 Å². The Morgan fingerprint density at radius 3 is 1.84 bits per heavy atom. The normalized spacial score (nSPS) is 17.5. The lowest BCUT2D eigenvalue weighted by atomic mass is 9.85. The second-order valence-corrected chi connectivity index (χ2v) is 9.99. The minimum Gasteiger partial charge on any atom is -0.444 e. The zero-order valence-electron chi connectivity index (χ0n) is 23.6. The van der Waals surface area contributed by atoms with Gasteiger partial charge in [-0.3, -0.25) is 25.2 Å². The molecule has 2 unspecified atom stereocenters. The average Bonchev–Trinajstić information content (AvgIpc) is 3.02. The standard InChI is InChI=1S/C29H35N7O7/c30-26(39)36-16-14-35(15-17-36)25(38)23-22(24(37)32-23)12-7-13-31-27(33-28(40)42-18-20-8-3-1-4-9-20)34-29(41)43-19-21-10-5-2-6-11-21/h1-6,8-11,22-23H,7,12-19H2,(H2,30,39)(H,32,37)(H2,31,33,34,40,41). The second kappa shape index (κ2) is 15.2. The molecule has 14 heteroatoms. The van der Waals surface area contributed by atoms with Gasteiger partial charge in [0.15, 0.2) is 0 Å². The zero-order valence-corrected chi connectivity index (χ0v) is 23.6. The molecule has 2 aromatic rings. The molecule has 4 rings (SSSR count). The fourth-order valence-corrected chi connectivity index (χ4v) is 4.62. The summed E-state index contributed by atoms with van der Waals surface area (Å²) in [6.45, 7) is 1.52. The molecule has 2 fully saturated rings. The van der Waals surface area contributed by atoms with E-state index in [0.29, 0.717) is 39.0 Å². The molecule has 0 aromatic heterocycles. The third-order valence-corrected chi connectivity index (χ3v) is 7.02. The Morgan fingerprint density at radius 1 is 0.837 bits per heavy atom. The molecule has 5 N–H and O–H groups in total. The Bertz CT molecular complexity index is 1260. The first-order valence-electron chi connectivity index (χ1n) is 13.9. The van der Waals surface area contributed by atoms with Crippen molar-refractivity contribution in [3.63, 3.8) is 0 Å². The number of urea groups is 1. The van der Waals surface area contributed by atoms with E-state index in [-0.39, 0.29) is 37.5 Å². The van der Waals surface area contributed by atoms with Gasteiger partial charge in [0.25, 0.3) is 0 Å². The summed E-state index contributed by atoms with van der Waals surface area (Å²) in [5.74, 6) is -1.14. The zero-order chi connectivity index (χ0) is 30.6. The molecule has 2 aromatic carbocycles. The van der Waals surface area contributed by atoms with Crippen LogP contribution in [0.25, 0.3) is 0 Å². The van der Waals surface area contributed by atoms with Crippen LogP contribution in [0.15, 0.2) is 65.7 Å². The van der Waals surface area contributed by atoms with Crippen molar-refractivity contribution in [2.45, 2.75) is 32.1 Å². The lowest BCUT2D eigenvalue weighted by Crippen LogP contribution is -2.66. The van der Waals surface area contributed by atoms with Crippen LogP contribution in [-0.4, -0.2) is 84.6 Å². The Labute approximate surface area is 248 Å². The summed E-state index contributed by atoms with van der Waals surface area (Å²) < 4.78 is 10.5. The second-order valence-electron chi connectivity index (χ2n) is 9.99. The summed E-state index contributed by atoms with van der Waals surface area (Å²) in [5, 5.41) is 7.51. The Balaban J connectivity index is 1.28. The number of rotatable bonds is 9. The first-order valence-corrected chi connectivity index (χ1v) is 13.9. The number of nitrogens with zero attached hydrogens (tertiary/aromatic N) is 3. The highest BCUT2D eigenvalue weighted by Crippen LogP contribution is 2.23. The largest absolute Gasteiger partial charge is 0.444 e. The van der Waals surface area contributed by atoms with E-state index in [4.69, 9.17) is 15.2 Å². The van der Waals surface area contributed by atoms with Gasteiger partial charge in [-0.15, -0.1) is 0 Å². The van der Waals surface area contributed by atoms with Gasteiger partial charge in [0.1, 0.15) is 19.3 Å². The molecule has 2 aliphatic heterocycles. The molecule has 0 bridgehead atoms. The number of aliphatic imine (C=N–C) groups is 1. The van der Waals surface area contributed by atoms with Gasteiger partial charge < -0.3 is 30.3 Å². The number of β-lactam (4-membered cyclic amide) rings is 1. The van der Waals surface area contributed by atoms with Gasteiger partial charge in [-0.25, -0.2) is 14.4 Å². The van der Waals surface area contributed by atoms with Crippen LogP contribution < -0.4 is 21.7 Å². The van der Waals surface area contributed by atoms with Crippen LogP contribution in [0, 0.1) is 5.92 Å². The Hall–Kier alpha value is -5.14. The summed E-state index contributed by atoms with van der Waals surface area (Å²) in [6.07, 6.45) is -0.905. The molecule has 14 nitrogen and oxygen atoms in total. The van der Waals surface area contributed by atoms with E-state index in [1.807, 2.05) is 36.4 Å². The van der Waals surface area contributed by atoms with E-state index >= 15 is 0 Å². The van der Waals surface area contributed by atoms with Crippen LogP contribution in [0.5, 0.6) is 0 Å². The van der Waals surface area contributed by atoms with Crippen LogP contribution in [0.1, 0.15) is 24.0 Å². The van der Waals surface area contributed by atoms with E-state index in [1.165, 1.54) is 4.90 Å². The quantitative estimate of drug-likeness (QED) is 0.146. The molecule has 6 amide bonds. The molecule has 0 aliphatic carbocycles. The SMILES string of the molecule is NC(=O)N1CCN(C(=O)C2NC(=O)C2CCCN=C(NC(=O)OCc2ccccc2)NC(=O)OCc2ccccc2)CC1. The summed E-state index contributed by atoms with van der Waals surface area (Å²) in [6, 6.07) is 17.0. The number of piperazine rings is 1. The number of guanidine groups is 1. The number of ether oxygens (including phenoxy) is 2. The van der Waals surface area contributed by atoms with Crippen molar-refractivity contribution in [1.82, 2.24) is 25.8 Å². The summed E-state index contributed by atoms with van der Waals surface area (Å²) in [7, 11) is 0. The number of carbonyl (C=O) groups is 5. The van der Waals surface area contributed by atoms with Gasteiger partial charge in [-0.1, -0.05) is 60.7 Å². The van der Waals surface area contributed by atoms with Crippen LogP contribution in [-0.2, 0) is 32.3 Å². The summed E-state index contributed by atoms with van der Waals surface area (Å²) in [5.41, 5.74) is 6.87. The number of amides is 6. The molecule has 2 atom stereocenters. The van der Waals surface area contributed by atoms with Crippen molar-refractivity contribution in [3.8, 4) is 0 Å². The highest BCUT2D eigenvalue weighted by molar-refractivity contribution is 6.01. The van der Waals surface area contributed by atoms with Crippen molar-refractivity contribution in [3.05, 3.63) is 71.8 Å². The average molecular weight is 594 g/mol. The van der Waals surface area contributed by atoms with Crippen LogP contribution in [0.2, 0.25) is 0 Å². The van der Waals surface area contributed by atoms with E-state index in [1.54, 1.807) is 29.2 Å². The minimum absolute atomic E-state index is 0.0161. The molecule has 0 saturated carbocycles. The Kier molecular flexibility index (Phi) is 10.9. The van der Waals surface area contributed by atoms with Crippen LogP contribution >= 0.6 is 0 Å². The molecular weight excluding hydrogens is 558 g/mol. The highest BCUT2D eigenvalue weighted by atomic mass is 16.6. The van der Waals surface area contributed by atoms with E-state index in [9.17, 15) is 24.0 Å². The van der Waals surface area contributed by atoms with E-state index < -0.39 is 30.2 Å². The van der Waals surface area contributed by atoms with Gasteiger partial charge >= 0.3 is 18.2 Å². The number of benzene rings is 2. The topological polar surface area (TPSA) is 185 Å². The van der Waals surface area contributed by atoms with Gasteiger partial charge in [0.2, 0.25) is 17.8 Å². The predicted octanol–water partition coefficient (Wildman–Crippen LogP) is 1.31. The van der Waals surface area contributed by atoms with Crippen molar-refractivity contribution in [1.29, 1.82) is 0 Å². The maximum Gasteiger partial charge on any atom is 0.414 e. The Morgan fingerprint density at radius 2 is 1.35 bits per heavy atom. The van der Waals surface area contributed by atoms with Crippen molar-refractivity contribution >= 4 is 36.0 Å². The lowest BCUT2D eigenvalue weighted by molar-refractivity contribution is -0.150. The fourth-order valence-electron chi connectivity index (χ4n) is 4.62. The lowest BCUT2D eigenvalue weighted by Gasteiger charge is -2.41. The molecule has 0 radical (unpaired) electrons. The number of hydrogen-bond donors (Lipinski definition) is 4. The third kappa shape index (κ3) is 9.18. The maximum absolute atomic E-state index is 13.0. The van der Waals surface area contributed by atoms with Gasteiger partial charge in [-0.05, 0) is 24.0 Å². The van der Waals surface area contributed by atoms with E-state index in [0.717, 1.165) is 11.1 Å². The monoisotopic (exact) mass is 593 g/mol. The smallest absolute Gasteiger partial charge is 0.414 e. The third-order valence-electron chi connectivity index (χ3n) is 7.02. The first kappa shape index (κ1) is 30.8. The molecule has 2 aliphatic rings. The number of hydrogen-bond acceptors (Lipinski definition) is 8. The number of alkyl carbamates (subject to hydrolysis) is 2. The summed E-state index contributed by atoms with van der Waals surface area (Å²) in [4.78, 5) is 68.7. The number of nitrogens with one attached hydrogen (secondary N) is 3. The van der Waals surface area contributed by atoms with Gasteiger partial charge in [0.05, 0.1) is 5.92 Å². The maximum atomic E-state index is 13.0.